The third kappa shape index (κ3) is 8.27. The summed E-state index contributed by atoms with van der Waals surface area (Å²) in [4.78, 5) is 9.62. The molecule has 0 aliphatic heterocycles. The fourth-order valence-corrected chi connectivity index (χ4v) is 2.21. The monoisotopic (exact) mass is 282 g/mol. The van der Waals surface area contributed by atoms with Crippen LogP contribution in [0.1, 0.15) is 25.0 Å². The lowest BCUT2D eigenvalue weighted by atomic mass is 10.2. The summed E-state index contributed by atoms with van der Waals surface area (Å²) in [6.07, 6.45) is 8.04. The van der Waals surface area contributed by atoms with Crippen LogP contribution in [-0.2, 0) is 6.42 Å². The lowest BCUT2D eigenvalue weighted by Crippen LogP contribution is -2.33. The normalized spacial score (nSPS) is 11.3. The fraction of sp³-hybridized carbons (Fsp3) is 0.786. The summed E-state index contributed by atoms with van der Waals surface area (Å²) in [6.45, 7) is 6.75. The maximum atomic E-state index is 5.68. The molecule has 6 heteroatoms. The van der Waals surface area contributed by atoms with Crippen molar-refractivity contribution in [2.75, 3.05) is 45.8 Å². The van der Waals surface area contributed by atoms with Crippen molar-refractivity contribution in [3.63, 3.8) is 0 Å². The molecule has 1 heterocycles. The van der Waals surface area contributed by atoms with Crippen molar-refractivity contribution in [2.24, 2.45) is 11.5 Å². The van der Waals surface area contributed by atoms with Gasteiger partial charge in [-0.2, -0.15) is 0 Å². The first-order valence-corrected chi connectivity index (χ1v) is 7.67. The van der Waals surface area contributed by atoms with E-state index in [-0.39, 0.29) is 0 Å². The van der Waals surface area contributed by atoms with Gasteiger partial charge in [0, 0.05) is 25.0 Å². The summed E-state index contributed by atoms with van der Waals surface area (Å²) >= 11 is 0. The van der Waals surface area contributed by atoms with E-state index in [1.165, 1.54) is 5.69 Å². The zero-order valence-electron chi connectivity index (χ0n) is 12.5. The molecule has 1 aromatic heterocycles. The van der Waals surface area contributed by atoms with Gasteiger partial charge in [-0.05, 0) is 58.4 Å². The number of nitrogens with two attached hydrogens (primary N) is 2. The number of imidazole rings is 1. The van der Waals surface area contributed by atoms with E-state index in [2.05, 4.69) is 20.2 Å². The topological polar surface area (TPSA) is 96.0 Å². The largest absolute Gasteiger partial charge is 0.348 e. The SMILES string of the molecule is NCCCNCCCN(CCN)CCCc1cnc[nH]1. The van der Waals surface area contributed by atoms with Crippen LogP contribution in [0.3, 0.4) is 0 Å². The number of rotatable bonds is 13. The molecule has 0 saturated carbocycles. The van der Waals surface area contributed by atoms with E-state index in [1.54, 1.807) is 6.33 Å². The van der Waals surface area contributed by atoms with Crippen molar-refractivity contribution in [3.8, 4) is 0 Å². The lowest BCUT2D eigenvalue weighted by Gasteiger charge is -2.21. The van der Waals surface area contributed by atoms with Crippen molar-refractivity contribution < 1.29 is 0 Å². The predicted molar refractivity (Wildman–Crippen MR) is 83.6 cm³/mol. The Morgan fingerprint density at radius 2 is 1.85 bits per heavy atom. The third-order valence-electron chi connectivity index (χ3n) is 3.31. The minimum atomic E-state index is 0.727. The molecule has 0 radical (unpaired) electrons. The van der Waals surface area contributed by atoms with Gasteiger partial charge >= 0.3 is 0 Å². The maximum Gasteiger partial charge on any atom is 0.0921 e. The van der Waals surface area contributed by atoms with E-state index in [1.807, 2.05) is 6.20 Å². The average Bonchev–Trinajstić information content (AvgIpc) is 2.96. The summed E-state index contributed by atoms with van der Waals surface area (Å²) in [6, 6.07) is 0. The highest BCUT2D eigenvalue weighted by molar-refractivity contribution is 4.93. The smallest absolute Gasteiger partial charge is 0.0921 e. The molecule has 0 atom stereocenters. The van der Waals surface area contributed by atoms with E-state index in [9.17, 15) is 0 Å². The van der Waals surface area contributed by atoms with Gasteiger partial charge in [-0.1, -0.05) is 0 Å². The van der Waals surface area contributed by atoms with E-state index in [0.29, 0.717) is 0 Å². The Balaban J connectivity index is 2.06. The molecule has 116 valence electrons. The van der Waals surface area contributed by atoms with E-state index in [0.717, 1.165) is 71.5 Å². The molecule has 0 aromatic carbocycles. The maximum absolute atomic E-state index is 5.68. The minimum Gasteiger partial charge on any atom is -0.348 e. The van der Waals surface area contributed by atoms with Crippen LogP contribution in [0.15, 0.2) is 12.5 Å². The first-order chi connectivity index (χ1) is 9.86. The fourth-order valence-electron chi connectivity index (χ4n) is 2.21. The molecule has 0 spiro atoms. The number of aryl methyl sites for hydroxylation is 1. The summed E-state index contributed by atoms with van der Waals surface area (Å²) in [5.74, 6) is 0. The molecule has 20 heavy (non-hydrogen) atoms. The van der Waals surface area contributed by atoms with Crippen LogP contribution >= 0.6 is 0 Å². The van der Waals surface area contributed by atoms with Crippen molar-refractivity contribution in [1.82, 2.24) is 20.2 Å². The molecule has 0 aliphatic carbocycles. The quantitative estimate of drug-likeness (QED) is 0.380. The van der Waals surface area contributed by atoms with Crippen molar-refractivity contribution in [3.05, 3.63) is 18.2 Å². The highest BCUT2D eigenvalue weighted by Gasteiger charge is 2.04. The molecule has 1 aromatic rings. The Morgan fingerprint density at radius 1 is 1.05 bits per heavy atom. The van der Waals surface area contributed by atoms with Gasteiger partial charge in [0.15, 0.2) is 0 Å². The van der Waals surface area contributed by atoms with Gasteiger partial charge in [-0.25, -0.2) is 4.98 Å². The number of nitrogens with zero attached hydrogens (tertiary/aromatic N) is 2. The molecular formula is C14H30N6. The zero-order chi connectivity index (χ0) is 14.5. The van der Waals surface area contributed by atoms with Gasteiger partial charge in [0.25, 0.3) is 0 Å². The summed E-state index contributed by atoms with van der Waals surface area (Å²) in [7, 11) is 0. The van der Waals surface area contributed by atoms with Crippen LogP contribution in [-0.4, -0.2) is 60.7 Å². The van der Waals surface area contributed by atoms with Gasteiger partial charge in [0.2, 0.25) is 0 Å². The molecule has 0 aliphatic rings. The molecule has 0 fully saturated rings. The molecule has 0 saturated heterocycles. The molecular weight excluding hydrogens is 252 g/mol. The van der Waals surface area contributed by atoms with Crippen LogP contribution < -0.4 is 16.8 Å². The first kappa shape index (κ1) is 17.1. The Hall–Kier alpha value is -0.950. The highest BCUT2D eigenvalue weighted by atomic mass is 15.1. The second kappa shape index (κ2) is 11.8. The molecule has 0 bridgehead atoms. The Morgan fingerprint density at radius 3 is 2.55 bits per heavy atom. The number of H-pyrrole nitrogens is 1. The molecule has 0 amide bonds. The van der Waals surface area contributed by atoms with Crippen molar-refractivity contribution in [2.45, 2.75) is 25.7 Å². The summed E-state index contributed by atoms with van der Waals surface area (Å²) in [5, 5.41) is 3.41. The van der Waals surface area contributed by atoms with Crippen LogP contribution in [0.4, 0.5) is 0 Å². The predicted octanol–water partition coefficient (Wildman–Crippen LogP) is -0.0685. The van der Waals surface area contributed by atoms with Crippen LogP contribution in [0.2, 0.25) is 0 Å². The van der Waals surface area contributed by atoms with Gasteiger partial charge in [-0.3, -0.25) is 0 Å². The van der Waals surface area contributed by atoms with Gasteiger partial charge in [0.05, 0.1) is 6.33 Å². The Kier molecular flexibility index (Phi) is 10.1. The molecule has 6 nitrogen and oxygen atoms in total. The molecule has 6 N–H and O–H groups in total. The second-order valence-electron chi connectivity index (χ2n) is 5.06. The third-order valence-corrected chi connectivity index (χ3v) is 3.31. The van der Waals surface area contributed by atoms with Gasteiger partial charge < -0.3 is 26.7 Å². The Labute approximate surface area is 122 Å². The average molecular weight is 282 g/mol. The van der Waals surface area contributed by atoms with Crippen LogP contribution in [0.25, 0.3) is 0 Å². The number of hydrogen-bond acceptors (Lipinski definition) is 5. The van der Waals surface area contributed by atoms with Gasteiger partial charge in [0.1, 0.15) is 0 Å². The highest BCUT2D eigenvalue weighted by Crippen LogP contribution is 2.00. The molecule has 1 rings (SSSR count). The van der Waals surface area contributed by atoms with Crippen molar-refractivity contribution in [1.29, 1.82) is 0 Å². The van der Waals surface area contributed by atoms with E-state index in [4.69, 9.17) is 11.5 Å². The van der Waals surface area contributed by atoms with E-state index < -0.39 is 0 Å². The number of nitrogens with one attached hydrogen (secondary N) is 2. The summed E-state index contributed by atoms with van der Waals surface area (Å²) in [5.41, 5.74) is 12.3. The van der Waals surface area contributed by atoms with Crippen LogP contribution in [0.5, 0.6) is 0 Å². The van der Waals surface area contributed by atoms with Crippen LogP contribution in [0, 0.1) is 0 Å². The van der Waals surface area contributed by atoms with E-state index >= 15 is 0 Å². The first-order valence-electron chi connectivity index (χ1n) is 7.67. The Bertz CT molecular complexity index is 301. The second-order valence-corrected chi connectivity index (χ2v) is 5.06. The van der Waals surface area contributed by atoms with Crippen molar-refractivity contribution >= 4 is 0 Å². The summed E-state index contributed by atoms with van der Waals surface area (Å²) < 4.78 is 0. The standard InChI is InChI=1S/C14H30N6/c15-5-2-7-17-8-3-10-20(11-6-16)9-1-4-14-12-18-13-19-14/h12-13,17H,1-11,15-16H2,(H,18,19). The number of hydrogen-bond donors (Lipinski definition) is 4. The zero-order valence-corrected chi connectivity index (χ0v) is 12.5. The number of aromatic amines is 1. The molecule has 0 unspecified atom stereocenters. The van der Waals surface area contributed by atoms with Gasteiger partial charge in [-0.15, -0.1) is 0 Å². The number of aromatic nitrogens is 2. The minimum absolute atomic E-state index is 0.727. The lowest BCUT2D eigenvalue weighted by molar-refractivity contribution is 0.273.